The normalized spacial score (nSPS) is 25.9. The number of rotatable bonds is 5. The summed E-state index contributed by atoms with van der Waals surface area (Å²) in [5, 5.41) is 14.6. The number of nitrogens with zero attached hydrogens (tertiary/aromatic N) is 4. The number of aliphatic hydroxyl groups is 1. The van der Waals surface area contributed by atoms with E-state index in [9.17, 15) is 9.90 Å². The lowest BCUT2D eigenvalue weighted by Crippen LogP contribution is -2.59. The average molecular weight is 400 g/mol. The second-order valence-corrected chi connectivity index (χ2v) is 8.15. The first-order valence-electron chi connectivity index (χ1n) is 8.82. The molecular weight excluding hydrogens is 378 g/mol. The Morgan fingerprint density at radius 1 is 1.54 bits per heavy atom. The molecule has 3 atom stereocenters. The molecule has 142 valence electrons. The number of ether oxygens (including phenoxy) is 1. The molecule has 8 nitrogen and oxygen atoms in total. The van der Waals surface area contributed by atoms with Gasteiger partial charge in [0.25, 0.3) is 5.91 Å². The maximum atomic E-state index is 12.5. The van der Waals surface area contributed by atoms with Crippen molar-refractivity contribution < 1.29 is 14.6 Å². The van der Waals surface area contributed by atoms with Crippen LogP contribution in [-0.4, -0.2) is 89.2 Å². The second kappa shape index (κ2) is 7.85. The third kappa shape index (κ3) is 3.77. The largest absolute Gasteiger partial charge is 0.381 e. The van der Waals surface area contributed by atoms with Crippen molar-refractivity contribution in [3.8, 4) is 0 Å². The number of thioether (sulfide) groups is 1. The fraction of sp³-hybridized carbons (Fsp3) is 0.688. The van der Waals surface area contributed by atoms with Crippen LogP contribution >= 0.6 is 23.4 Å². The summed E-state index contributed by atoms with van der Waals surface area (Å²) in [5.41, 5.74) is 0. The molecule has 0 aliphatic carbocycles. The molecule has 4 rings (SSSR count). The molecule has 0 aromatic carbocycles. The molecule has 26 heavy (non-hydrogen) atoms. The summed E-state index contributed by atoms with van der Waals surface area (Å²) >= 11 is 7.53. The number of anilines is 1. The molecule has 4 heterocycles. The van der Waals surface area contributed by atoms with E-state index < -0.39 is 6.10 Å². The number of carbonyl (C=O) groups is 1. The second-order valence-electron chi connectivity index (χ2n) is 6.76. The topological polar surface area (TPSA) is 90.8 Å². The summed E-state index contributed by atoms with van der Waals surface area (Å²) in [4.78, 5) is 25.2. The van der Waals surface area contributed by atoms with E-state index in [4.69, 9.17) is 16.3 Å². The SMILES string of the molecule is O=C(C(O)COCC1CCN1)N1CCN2c3ncc(Cl)nc3SCC2C1. The maximum Gasteiger partial charge on any atom is 0.253 e. The first kappa shape index (κ1) is 18.2. The van der Waals surface area contributed by atoms with Crippen LogP contribution in [0.25, 0.3) is 0 Å². The lowest BCUT2D eigenvalue weighted by atomic mass is 10.1. The van der Waals surface area contributed by atoms with Gasteiger partial charge in [-0.2, -0.15) is 0 Å². The molecule has 10 heteroatoms. The Balaban J connectivity index is 1.31. The Morgan fingerprint density at radius 2 is 2.38 bits per heavy atom. The van der Waals surface area contributed by atoms with Crippen molar-refractivity contribution in [2.45, 2.75) is 29.6 Å². The summed E-state index contributed by atoms with van der Waals surface area (Å²) in [5.74, 6) is 1.38. The van der Waals surface area contributed by atoms with Crippen molar-refractivity contribution in [2.75, 3.05) is 50.0 Å². The zero-order valence-electron chi connectivity index (χ0n) is 14.3. The summed E-state index contributed by atoms with van der Waals surface area (Å²) < 4.78 is 5.47. The lowest BCUT2D eigenvalue weighted by Gasteiger charge is -2.44. The maximum absolute atomic E-state index is 12.5. The highest BCUT2D eigenvalue weighted by Gasteiger charge is 2.36. The van der Waals surface area contributed by atoms with Gasteiger partial charge in [0.2, 0.25) is 0 Å². The van der Waals surface area contributed by atoms with Gasteiger partial charge in [0.15, 0.2) is 11.9 Å². The molecule has 0 saturated carbocycles. The van der Waals surface area contributed by atoms with Crippen LogP contribution in [-0.2, 0) is 9.53 Å². The van der Waals surface area contributed by atoms with E-state index in [0.29, 0.717) is 37.4 Å². The number of aromatic nitrogens is 2. The molecule has 2 N–H and O–H groups in total. The Labute approximate surface area is 161 Å². The molecule has 2 saturated heterocycles. The van der Waals surface area contributed by atoms with Crippen molar-refractivity contribution in [1.29, 1.82) is 0 Å². The predicted molar refractivity (Wildman–Crippen MR) is 98.7 cm³/mol. The first-order chi connectivity index (χ1) is 12.6. The molecule has 1 aromatic heterocycles. The minimum atomic E-state index is -1.11. The third-order valence-electron chi connectivity index (χ3n) is 4.98. The fourth-order valence-corrected chi connectivity index (χ4v) is 4.67. The van der Waals surface area contributed by atoms with Crippen molar-refractivity contribution in [2.24, 2.45) is 0 Å². The highest BCUT2D eigenvalue weighted by atomic mass is 35.5. The van der Waals surface area contributed by atoms with E-state index in [1.54, 1.807) is 22.9 Å². The summed E-state index contributed by atoms with van der Waals surface area (Å²) in [6.45, 7) is 3.37. The van der Waals surface area contributed by atoms with E-state index >= 15 is 0 Å². The number of hydrogen-bond acceptors (Lipinski definition) is 8. The van der Waals surface area contributed by atoms with Crippen LogP contribution in [0.1, 0.15) is 6.42 Å². The minimum absolute atomic E-state index is 0.0451. The Bertz CT molecular complexity index is 677. The smallest absolute Gasteiger partial charge is 0.253 e. The van der Waals surface area contributed by atoms with Crippen molar-refractivity contribution in [3.05, 3.63) is 11.3 Å². The Kier molecular flexibility index (Phi) is 5.51. The van der Waals surface area contributed by atoms with Crippen molar-refractivity contribution >= 4 is 35.1 Å². The monoisotopic (exact) mass is 399 g/mol. The quantitative estimate of drug-likeness (QED) is 0.714. The van der Waals surface area contributed by atoms with Crippen molar-refractivity contribution in [3.63, 3.8) is 0 Å². The molecule has 3 unspecified atom stereocenters. The summed E-state index contributed by atoms with van der Waals surface area (Å²) in [6.07, 6.45) is 1.53. The fourth-order valence-electron chi connectivity index (χ4n) is 3.39. The van der Waals surface area contributed by atoms with Crippen LogP contribution in [0.2, 0.25) is 5.15 Å². The number of nitrogens with one attached hydrogen (secondary N) is 1. The van der Waals surface area contributed by atoms with E-state index in [-0.39, 0.29) is 18.6 Å². The van der Waals surface area contributed by atoms with Crippen LogP contribution in [0.5, 0.6) is 0 Å². The number of amides is 1. The Morgan fingerprint density at radius 3 is 3.15 bits per heavy atom. The molecule has 2 fully saturated rings. The van der Waals surface area contributed by atoms with Gasteiger partial charge in [-0.05, 0) is 13.0 Å². The van der Waals surface area contributed by atoms with E-state index in [2.05, 4.69) is 20.2 Å². The van der Waals surface area contributed by atoms with Gasteiger partial charge in [-0.3, -0.25) is 4.79 Å². The molecule has 0 bridgehead atoms. The highest BCUT2D eigenvalue weighted by Crippen LogP contribution is 2.36. The Hall–Kier alpha value is -1.13. The molecule has 0 radical (unpaired) electrons. The molecular formula is C16H22ClN5O3S. The minimum Gasteiger partial charge on any atom is -0.381 e. The van der Waals surface area contributed by atoms with Gasteiger partial charge in [0.05, 0.1) is 25.5 Å². The van der Waals surface area contributed by atoms with Gasteiger partial charge >= 0.3 is 0 Å². The molecule has 3 aliphatic heterocycles. The number of hydrogen-bond donors (Lipinski definition) is 2. The van der Waals surface area contributed by atoms with Crippen LogP contribution in [0.15, 0.2) is 11.2 Å². The summed E-state index contributed by atoms with van der Waals surface area (Å²) in [6, 6.07) is 0.516. The van der Waals surface area contributed by atoms with Gasteiger partial charge < -0.3 is 25.0 Å². The number of halogens is 1. The van der Waals surface area contributed by atoms with Gasteiger partial charge in [-0.25, -0.2) is 9.97 Å². The number of piperazine rings is 1. The third-order valence-corrected chi connectivity index (χ3v) is 6.26. The number of carbonyl (C=O) groups excluding carboxylic acids is 1. The zero-order valence-corrected chi connectivity index (χ0v) is 15.9. The van der Waals surface area contributed by atoms with Gasteiger partial charge in [-0.15, -0.1) is 11.8 Å². The number of fused-ring (bicyclic) bond motifs is 3. The van der Waals surface area contributed by atoms with Gasteiger partial charge in [0, 0.05) is 31.4 Å². The molecule has 1 aromatic rings. The van der Waals surface area contributed by atoms with Crippen LogP contribution in [0.4, 0.5) is 5.82 Å². The lowest BCUT2D eigenvalue weighted by molar-refractivity contribution is -0.144. The average Bonchev–Trinajstić information content (AvgIpc) is 2.62. The van der Waals surface area contributed by atoms with E-state index in [1.807, 2.05) is 0 Å². The summed E-state index contributed by atoms with van der Waals surface area (Å²) in [7, 11) is 0. The predicted octanol–water partition coefficient (Wildman–Crippen LogP) is -0.00770. The van der Waals surface area contributed by atoms with Gasteiger partial charge in [0.1, 0.15) is 10.2 Å². The van der Waals surface area contributed by atoms with Crippen LogP contribution < -0.4 is 10.2 Å². The zero-order chi connectivity index (χ0) is 18.1. The van der Waals surface area contributed by atoms with E-state index in [0.717, 1.165) is 29.6 Å². The molecule has 0 spiro atoms. The molecule has 1 amide bonds. The number of aliphatic hydroxyl groups excluding tert-OH is 1. The first-order valence-corrected chi connectivity index (χ1v) is 10.2. The highest BCUT2D eigenvalue weighted by molar-refractivity contribution is 7.99. The van der Waals surface area contributed by atoms with Crippen molar-refractivity contribution in [1.82, 2.24) is 20.2 Å². The van der Waals surface area contributed by atoms with Gasteiger partial charge in [-0.1, -0.05) is 11.6 Å². The molecule has 3 aliphatic rings. The van der Waals surface area contributed by atoms with Crippen LogP contribution in [0, 0.1) is 0 Å². The van der Waals surface area contributed by atoms with E-state index in [1.165, 1.54) is 0 Å². The standard InChI is InChI=1S/C16H22ClN5O3S/c17-13-5-19-14-15(20-13)26-9-11-6-21(3-4-22(11)14)16(24)12(23)8-25-7-10-1-2-18-10/h5,10-12,18,23H,1-4,6-9H2. The van der Waals surface area contributed by atoms with Crippen LogP contribution in [0.3, 0.4) is 0 Å².